The van der Waals surface area contributed by atoms with Gasteiger partial charge in [0, 0.05) is 29.7 Å². The van der Waals surface area contributed by atoms with Crippen LogP contribution < -0.4 is 10.2 Å². The summed E-state index contributed by atoms with van der Waals surface area (Å²) in [5.74, 6) is -0.604. The molecule has 0 atom stereocenters. The zero-order valence-corrected chi connectivity index (χ0v) is 15.7. The summed E-state index contributed by atoms with van der Waals surface area (Å²) in [5, 5.41) is -0.288. The van der Waals surface area contributed by atoms with E-state index in [4.69, 9.17) is 14.5 Å². The van der Waals surface area contributed by atoms with Crippen LogP contribution in [0.4, 0.5) is 4.39 Å². The van der Waals surface area contributed by atoms with E-state index in [2.05, 4.69) is 14.5 Å². The summed E-state index contributed by atoms with van der Waals surface area (Å²) in [6, 6.07) is 2.46. The molecule has 0 amide bonds. The van der Waals surface area contributed by atoms with Crippen molar-refractivity contribution in [2.24, 2.45) is 0 Å². The molecule has 0 radical (unpaired) electrons. The fourth-order valence-corrected chi connectivity index (χ4v) is 2.95. The van der Waals surface area contributed by atoms with Gasteiger partial charge >= 0.3 is 7.82 Å². The number of nitrogens with zero attached hydrogens (tertiary/aromatic N) is 3. The molecule has 0 bridgehead atoms. The standard InChI is InChI=1S/C17H17FN3O6P/c1-2-5-26-14-4-3-13(18)15-16(14)21(10-27-28(23,24)25)8-12(17(15)22)11-6-19-9-20-7-11/h3-4,6-9H,2,5,10H2,1H3,(H2,23,24,25). The minimum atomic E-state index is -4.81. The van der Waals surface area contributed by atoms with Gasteiger partial charge in [0.05, 0.1) is 17.5 Å². The van der Waals surface area contributed by atoms with Gasteiger partial charge < -0.3 is 19.1 Å². The number of aromatic nitrogens is 3. The van der Waals surface area contributed by atoms with E-state index >= 15 is 0 Å². The minimum absolute atomic E-state index is 0.0347. The highest BCUT2D eigenvalue weighted by molar-refractivity contribution is 7.46. The summed E-state index contributed by atoms with van der Waals surface area (Å²) in [7, 11) is -4.81. The van der Waals surface area contributed by atoms with E-state index in [1.807, 2.05) is 6.92 Å². The summed E-state index contributed by atoms with van der Waals surface area (Å²) in [6.45, 7) is 1.55. The van der Waals surface area contributed by atoms with Crippen LogP contribution >= 0.6 is 7.82 Å². The molecule has 0 spiro atoms. The highest BCUT2D eigenvalue weighted by atomic mass is 31.2. The lowest BCUT2D eigenvalue weighted by atomic mass is 10.1. The van der Waals surface area contributed by atoms with Gasteiger partial charge in [-0.25, -0.2) is 18.9 Å². The topological polar surface area (TPSA) is 124 Å². The summed E-state index contributed by atoms with van der Waals surface area (Å²) in [4.78, 5) is 38.8. The van der Waals surface area contributed by atoms with Gasteiger partial charge in [-0.2, -0.15) is 0 Å². The number of phosphoric acid groups is 1. The molecule has 0 aliphatic carbocycles. The van der Waals surface area contributed by atoms with Crippen LogP contribution in [0, 0.1) is 5.82 Å². The van der Waals surface area contributed by atoms with Crippen molar-refractivity contribution in [3.8, 4) is 16.9 Å². The van der Waals surface area contributed by atoms with Crippen LogP contribution in [0.25, 0.3) is 22.0 Å². The Morgan fingerprint density at radius 2 is 1.96 bits per heavy atom. The molecule has 0 fully saturated rings. The van der Waals surface area contributed by atoms with E-state index < -0.39 is 25.8 Å². The average molecular weight is 409 g/mol. The predicted octanol–water partition coefficient (Wildman–Crippen LogP) is 2.45. The fourth-order valence-electron chi connectivity index (χ4n) is 2.67. The maximum atomic E-state index is 14.6. The molecule has 28 heavy (non-hydrogen) atoms. The molecule has 3 aromatic rings. The van der Waals surface area contributed by atoms with Gasteiger partial charge in [0.1, 0.15) is 24.6 Å². The number of hydrogen-bond acceptors (Lipinski definition) is 6. The van der Waals surface area contributed by atoms with Crippen LogP contribution in [-0.2, 0) is 15.8 Å². The Morgan fingerprint density at radius 3 is 2.61 bits per heavy atom. The van der Waals surface area contributed by atoms with E-state index in [0.717, 1.165) is 6.07 Å². The van der Waals surface area contributed by atoms with E-state index in [9.17, 15) is 13.8 Å². The molecule has 0 aliphatic rings. The number of hydrogen-bond donors (Lipinski definition) is 2. The van der Waals surface area contributed by atoms with Gasteiger partial charge in [0.15, 0.2) is 5.43 Å². The Bertz CT molecular complexity index is 1100. The minimum Gasteiger partial charge on any atom is -0.491 e. The summed E-state index contributed by atoms with van der Waals surface area (Å²) in [6.07, 6.45) is 5.99. The summed E-state index contributed by atoms with van der Waals surface area (Å²) < 4.78 is 37.1. The first-order chi connectivity index (χ1) is 13.3. The van der Waals surface area contributed by atoms with Crippen molar-refractivity contribution >= 4 is 18.7 Å². The molecular formula is C17H17FN3O6P. The van der Waals surface area contributed by atoms with E-state index in [1.54, 1.807) is 0 Å². The van der Waals surface area contributed by atoms with Crippen molar-refractivity contribution in [2.75, 3.05) is 6.61 Å². The Labute approximate surface area is 158 Å². The quantitative estimate of drug-likeness (QED) is 0.571. The number of rotatable bonds is 7. The lowest BCUT2D eigenvalue weighted by Crippen LogP contribution is -2.16. The van der Waals surface area contributed by atoms with Crippen molar-refractivity contribution in [2.45, 2.75) is 20.1 Å². The molecule has 2 heterocycles. The van der Waals surface area contributed by atoms with Crippen molar-refractivity contribution in [1.29, 1.82) is 0 Å². The first-order valence-electron chi connectivity index (χ1n) is 8.25. The normalized spacial score (nSPS) is 11.7. The molecule has 0 aliphatic heterocycles. The number of benzene rings is 1. The molecule has 9 nitrogen and oxygen atoms in total. The van der Waals surface area contributed by atoms with E-state index in [1.165, 1.54) is 35.6 Å². The predicted molar refractivity (Wildman–Crippen MR) is 98.1 cm³/mol. The number of phosphoric ester groups is 1. The molecule has 0 saturated heterocycles. The summed E-state index contributed by atoms with van der Waals surface area (Å²) in [5.41, 5.74) is -0.225. The second-order valence-corrected chi connectivity index (χ2v) is 7.07. The molecule has 0 unspecified atom stereocenters. The number of ether oxygens (including phenoxy) is 1. The second-order valence-electron chi connectivity index (χ2n) is 5.84. The van der Waals surface area contributed by atoms with Gasteiger partial charge in [-0.15, -0.1) is 0 Å². The third-order valence-corrected chi connectivity index (χ3v) is 4.28. The van der Waals surface area contributed by atoms with Crippen LogP contribution in [0.2, 0.25) is 0 Å². The van der Waals surface area contributed by atoms with Crippen LogP contribution in [0.15, 0.2) is 41.8 Å². The second kappa shape index (κ2) is 8.15. The lowest BCUT2D eigenvalue weighted by molar-refractivity contribution is 0.155. The average Bonchev–Trinajstić information content (AvgIpc) is 2.66. The van der Waals surface area contributed by atoms with Gasteiger partial charge in [0.25, 0.3) is 0 Å². The van der Waals surface area contributed by atoms with Crippen molar-refractivity contribution in [3.63, 3.8) is 0 Å². The third-order valence-electron chi connectivity index (χ3n) is 3.83. The van der Waals surface area contributed by atoms with Crippen molar-refractivity contribution in [3.05, 3.63) is 53.1 Å². The van der Waals surface area contributed by atoms with E-state index in [0.29, 0.717) is 18.6 Å². The third kappa shape index (κ3) is 4.26. The van der Waals surface area contributed by atoms with Crippen LogP contribution in [0.1, 0.15) is 13.3 Å². The molecular weight excluding hydrogens is 392 g/mol. The van der Waals surface area contributed by atoms with Crippen LogP contribution in [0.5, 0.6) is 5.75 Å². The zero-order valence-electron chi connectivity index (χ0n) is 14.8. The molecule has 3 rings (SSSR count). The Morgan fingerprint density at radius 1 is 1.25 bits per heavy atom. The molecule has 0 saturated carbocycles. The molecule has 1 aromatic carbocycles. The smallest absolute Gasteiger partial charge is 0.471 e. The molecule has 2 N–H and O–H groups in total. The number of pyridine rings is 1. The maximum Gasteiger partial charge on any atom is 0.471 e. The monoisotopic (exact) mass is 409 g/mol. The van der Waals surface area contributed by atoms with Gasteiger partial charge in [-0.1, -0.05) is 6.92 Å². The number of halogens is 1. The SMILES string of the molecule is CCCOc1ccc(F)c2c(=O)c(-c3cncnc3)cn(COP(=O)(O)O)c12. The first kappa shape index (κ1) is 20.1. The van der Waals surface area contributed by atoms with Crippen LogP contribution in [-0.4, -0.2) is 30.9 Å². The Kier molecular flexibility index (Phi) is 5.85. The van der Waals surface area contributed by atoms with Crippen molar-refractivity contribution < 1.29 is 28.0 Å². The Hall–Kier alpha value is -2.65. The van der Waals surface area contributed by atoms with Crippen LogP contribution in [0.3, 0.4) is 0 Å². The van der Waals surface area contributed by atoms with Crippen molar-refractivity contribution in [1.82, 2.24) is 14.5 Å². The fraction of sp³-hybridized carbons (Fsp3) is 0.235. The highest BCUT2D eigenvalue weighted by Crippen LogP contribution is 2.37. The summed E-state index contributed by atoms with van der Waals surface area (Å²) >= 11 is 0. The van der Waals surface area contributed by atoms with Gasteiger partial charge in [-0.05, 0) is 18.6 Å². The van der Waals surface area contributed by atoms with Gasteiger partial charge in [0.2, 0.25) is 0 Å². The van der Waals surface area contributed by atoms with Gasteiger partial charge in [-0.3, -0.25) is 9.32 Å². The maximum absolute atomic E-state index is 14.6. The highest BCUT2D eigenvalue weighted by Gasteiger charge is 2.21. The Balaban J connectivity index is 2.31. The lowest BCUT2D eigenvalue weighted by Gasteiger charge is -2.17. The molecule has 148 valence electrons. The largest absolute Gasteiger partial charge is 0.491 e. The zero-order chi connectivity index (χ0) is 20.3. The number of fused-ring (bicyclic) bond motifs is 1. The molecule has 11 heteroatoms. The van der Waals surface area contributed by atoms with E-state index in [-0.39, 0.29) is 22.2 Å². The molecule has 2 aromatic heterocycles. The first-order valence-corrected chi connectivity index (χ1v) is 9.78.